The molecule has 0 amide bonds. The number of nitrogens with one attached hydrogen (secondary N) is 1. The van der Waals surface area contributed by atoms with Crippen molar-refractivity contribution in [1.82, 2.24) is 15.4 Å². The average molecular weight is 289 g/mol. The molecule has 2 aromatic heterocycles. The summed E-state index contributed by atoms with van der Waals surface area (Å²) in [5, 5.41) is 10.7. The molecule has 0 radical (unpaired) electrons. The van der Waals surface area contributed by atoms with Crippen LogP contribution in [0.3, 0.4) is 0 Å². The van der Waals surface area contributed by atoms with Gasteiger partial charge < -0.3 is 4.52 Å². The average Bonchev–Trinajstić information content (AvgIpc) is 2.72. The second-order valence-corrected chi connectivity index (χ2v) is 3.86. The molecule has 2 heterocycles. The molecule has 1 unspecified atom stereocenters. The highest BCUT2D eigenvalue weighted by molar-refractivity contribution is 14.1. The third-order valence-corrected chi connectivity index (χ3v) is 2.85. The quantitative estimate of drug-likeness (QED) is 0.862. The van der Waals surface area contributed by atoms with Gasteiger partial charge in [-0.15, -0.1) is 0 Å². The molecule has 2 aromatic rings. The van der Waals surface area contributed by atoms with Crippen LogP contribution in [0, 0.1) is 3.70 Å². The normalized spacial score (nSPS) is 13.1. The monoisotopic (exact) mass is 289 g/mol. The number of aromatic nitrogens is 3. The second-order valence-electron chi connectivity index (χ2n) is 2.79. The van der Waals surface area contributed by atoms with Gasteiger partial charge in [0.2, 0.25) is 0 Å². The SMILES string of the molecule is CC(c1ccon1)c1cn[nH]c1I. The molecule has 0 saturated heterocycles. The first-order valence-corrected chi connectivity index (χ1v) is 4.96. The summed E-state index contributed by atoms with van der Waals surface area (Å²) >= 11 is 2.22. The zero-order valence-electron chi connectivity index (χ0n) is 6.99. The minimum absolute atomic E-state index is 0.226. The summed E-state index contributed by atoms with van der Waals surface area (Å²) < 4.78 is 5.84. The van der Waals surface area contributed by atoms with Crippen molar-refractivity contribution in [3.05, 3.63) is 33.5 Å². The predicted molar refractivity (Wildman–Crippen MR) is 55.3 cm³/mol. The van der Waals surface area contributed by atoms with Crippen molar-refractivity contribution >= 4 is 22.6 Å². The van der Waals surface area contributed by atoms with Crippen molar-refractivity contribution < 1.29 is 4.52 Å². The van der Waals surface area contributed by atoms with Gasteiger partial charge in [-0.05, 0) is 22.6 Å². The summed E-state index contributed by atoms with van der Waals surface area (Å²) in [5.74, 6) is 0.226. The van der Waals surface area contributed by atoms with E-state index in [1.165, 1.54) is 0 Å². The topological polar surface area (TPSA) is 54.7 Å². The minimum atomic E-state index is 0.226. The summed E-state index contributed by atoms with van der Waals surface area (Å²) in [6.07, 6.45) is 3.40. The number of rotatable bonds is 2. The fraction of sp³-hybridized carbons (Fsp3) is 0.250. The summed E-state index contributed by atoms with van der Waals surface area (Å²) in [5.41, 5.74) is 2.08. The Kier molecular flexibility index (Phi) is 2.34. The van der Waals surface area contributed by atoms with Crippen LogP contribution in [0.15, 0.2) is 23.0 Å². The molecule has 1 atom stereocenters. The van der Waals surface area contributed by atoms with Gasteiger partial charge in [0.15, 0.2) is 0 Å². The lowest BCUT2D eigenvalue weighted by Crippen LogP contribution is -1.96. The molecule has 0 fully saturated rings. The van der Waals surface area contributed by atoms with E-state index in [1.54, 1.807) is 6.26 Å². The van der Waals surface area contributed by atoms with E-state index < -0.39 is 0 Å². The number of aromatic amines is 1. The lowest BCUT2D eigenvalue weighted by molar-refractivity contribution is 0.409. The maximum Gasteiger partial charge on any atom is 0.124 e. The Morgan fingerprint density at radius 3 is 3.00 bits per heavy atom. The Labute approximate surface area is 88.8 Å². The highest BCUT2D eigenvalue weighted by atomic mass is 127. The number of nitrogens with zero attached hydrogens (tertiary/aromatic N) is 2. The molecule has 4 nitrogen and oxygen atoms in total. The van der Waals surface area contributed by atoms with Crippen LogP contribution in [0.5, 0.6) is 0 Å². The van der Waals surface area contributed by atoms with Gasteiger partial charge in [0.1, 0.15) is 6.26 Å². The van der Waals surface area contributed by atoms with Crippen LogP contribution >= 0.6 is 22.6 Å². The first-order chi connectivity index (χ1) is 6.29. The van der Waals surface area contributed by atoms with Crippen molar-refractivity contribution in [1.29, 1.82) is 0 Å². The summed E-state index contributed by atoms with van der Waals surface area (Å²) in [6.45, 7) is 2.07. The molecular formula is C8H8IN3O. The standard InChI is InChI=1S/C8H8IN3O/c1-5(7-2-3-13-12-7)6-4-10-11-8(6)9/h2-5H,1H3,(H,10,11). The van der Waals surface area contributed by atoms with Crippen LogP contribution in [0.25, 0.3) is 0 Å². The maximum absolute atomic E-state index is 4.79. The maximum atomic E-state index is 4.79. The van der Waals surface area contributed by atoms with Crippen molar-refractivity contribution in [2.45, 2.75) is 12.8 Å². The number of H-pyrrole nitrogens is 1. The molecule has 2 rings (SSSR count). The lowest BCUT2D eigenvalue weighted by Gasteiger charge is -2.04. The highest BCUT2D eigenvalue weighted by Gasteiger charge is 2.15. The lowest BCUT2D eigenvalue weighted by atomic mass is 10.0. The Morgan fingerprint density at radius 2 is 2.46 bits per heavy atom. The molecule has 1 N–H and O–H groups in total. The van der Waals surface area contributed by atoms with Crippen LogP contribution in [-0.2, 0) is 0 Å². The van der Waals surface area contributed by atoms with Crippen LogP contribution in [0.2, 0.25) is 0 Å². The van der Waals surface area contributed by atoms with E-state index in [1.807, 2.05) is 12.3 Å². The summed E-state index contributed by atoms with van der Waals surface area (Å²) in [6, 6.07) is 1.87. The zero-order chi connectivity index (χ0) is 9.26. The van der Waals surface area contributed by atoms with Crippen LogP contribution in [-0.4, -0.2) is 15.4 Å². The molecule has 0 saturated carbocycles. The molecule has 0 bridgehead atoms. The van der Waals surface area contributed by atoms with Gasteiger partial charge in [-0.2, -0.15) is 5.10 Å². The second kappa shape index (κ2) is 3.49. The van der Waals surface area contributed by atoms with Gasteiger partial charge >= 0.3 is 0 Å². The minimum Gasteiger partial charge on any atom is -0.364 e. The van der Waals surface area contributed by atoms with Crippen molar-refractivity contribution in [2.75, 3.05) is 0 Å². The van der Waals surface area contributed by atoms with E-state index in [0.717, 1.165) is 15.0 Å². The molecule has 0 aliphatic rings. The fourth-order valence-electron chi connectivity index (χ4n) is 1.19. The van der Waals surface area contributed by atoms with Crippen molar-refractivity contribution in [3.63, 3.8) is 0 Å². The van der Waals surface area contributed by atoms with Gasteiger partial charge in [-0.1, -0.05) is 12.1 Å². The van der Waals surface area contributed by atoms with E-state index in [4.69, 9.17) is 4.52 Å². The molecule has 0 aromatic carbocycles. The van der Waals surface area contributed by atoms with Gasteiger partial charge in [0.05, 0.1) is 15.6 Å². The molecule has 0 aliphatic heterocycles. The van der Waals surface area contributed by atoms with E-state index in [9.17, 15) is 0 Å². The van der Waals surface area contributed by atoms with Gasteiger partial charge in [0, 0.05) is 17.5 Å². The smallest absolute Gasteiger partial charge is 0.124 e. The van der Waals surface area contributed by atoms with Crippen molar-refractivity contribution in [2.24, 2.45) is 0 Å². The molecular weight excluding hydrogens is 281 g/mol. The molecule has 68 valence electrons. The van der Waals surface area contributed by atoms with E-state index in [-0.39, 0.29) is 5.92 Å². The van der Waals surface area contributed by atoms with Gasteiger partial charge in [-0.25, -0.2) is 0 Å². The van der Waals surface area contributed by atoms with E-state index >= 15 is 0 Å². The largest absolute Gasteiger partial charge is 0.364 e. The third-order valence-electron chi connectivity index (χ3n) is 1.99. The fourth-order valence-corrected chi connectivity index (χ4v) is 1.93. The van der Waals surface area contributed by atoms with E-state index in [0.29, 0.717) is 0 Å². The number of halogens is 1. The summed E-state index contributed by atoms with van der Waals surface area (Å²) in [7, 11) is 0. The molecule has 0 aliphatic carbocycles. The first kappa shape index (κ1) is 8.74. The highest BCUT2D eigenvalue weighted by Crippen LogP contribution is 2.24. The predicted octanol–water partition coefficient (Wildman–Crippen LogP) is 2.15. The first-order valence-electron chi connectivity index (χ1n) is 3.88. The molecule has 13 heavy (non-hydrogen) atoms. The number of hydrogen-bond acceptors (Lipinski definition) is 3. The third kappa shape index (κ3) is 1.60. The Balaban J connectivity index is 2.33. The molecule has 5 heteroatoms. The van der Waals surface area contributed by atoms with Crippen LogP contribution in [0.4, 0.5) is 0 Å². The van der Waals surface area contributed by atoms with Gasteiger partial charge in [0.25, 0.3) is 0 Å². The summed E-state index contributed by atoms with van der Waals surface area (Å²) in [4.78, 5) is 0. The Hall–Kier alpha value is -0.850. The molecule has 0 spiro atoms. The van der Waals surface area contributed by atoms with Gasteiger partial charge in [-0.3, -0.25) is 5.10 Å². The Bertz CT molecular complexity index is 382. The van der Waals surface area contributed by atoms with E-state index in [2.05, 4.69) is 44.9 Å². The van der Waals surface area contributed by atoms with Crippen LogP contribution in [0.1, 0.15) is 24.1 Å². The zero-order valence-corrected chi connectivity index (χ0v) is 9.15. The Morgan fingerprint density at radius 1 is 1.62 bits per heavy atom. The number of hydrogen-bond donors (Lipinski definition) is 1. The van der Waals surface area contributed by atoms with Crippen LogP contribution < -0.4 is 0 Å². The van der Waals surface area contributed by atoms with Crippen molar-refractivity contribution in [3.8, 4) is 0 Å².